The highest BCUT2D eigenvalue weighted by atomic mass is 19.1. The molecule has 34 heavy (non-hydrogen) atoms. The zero-order valence-electron chi connectivity index (χ0n) is 19.0. The largest absolute Gasteiger partial charge is 0.490 e. The molecule has 0 aliphatic rings. The van der Waals surface area contributed by atoms with Crippen LogP contribution in [0, 0.1) is 5.82 Å². The number of halogens is 1. The van der Waals surface area contributed by atoms with Gasteiger partial charge in [-0.1, -0.05) is 12.6 Å². The van der Waals surface area contributed by atoms with E-state index in [9.17, 15) is 9.18 Å². The highest BCUT2D eigenvalue weighted by Gasteiger charge is 2.11. The molecule has 1 amide bonds. The van der Waals surface area contributed by atoms with Crippen molar-refractivity contribution >= 4 is 34.1 Å². The number of ether oxygens (including phenoxy) is 1. The SMILES string of the molecule is C=CC(=O)Nc1cc(Nc2cc3c(cn2)ncn3-c2cccc(F)c2)ccc1OCCN(C)C. The maximum Gasteiger partial charge on any atom is 0.247 e. The number of carbonyl (C=O) groups is 1. The lowest BCUT2D eigenvalue weighted by molar-refractivity contribution is -0.111. The van der Waals surface area contributed by atoms with Crippen LogP contribution in [0.3, 0.4) is 0 Å². The fourth-order valence-electron chi connectivity index (χ4n) is 3.31. The van der Waals surface area contributed by atoms with Crippen LogP contribution in [-0.4, -0.2) is 52.6 Å². The predicted octanol–water partition coefficient (Wildman–Crippen LogP) is 4.37. The molecule has 0 unspecified atom stereocenters. The third kappa shape index (κ3) is 5.38. The number of likely N-dealkylation sites (N-methyl/N-ethyl adjacent to an activating group) is 1. The third-order valence-electron chi connectivity index (χ3n) is 5.01. The van der Waals surface area contributed by atoms with Crippen molar-refractivity contribution in [3.63, 3.8) is 0 Å². The molecule has 2 aromatic carbocycles. The van der Waals surface area contributed by atoms with Crippen molar-refractivity contribution in [2.75, 3.05) is 37.9 Å². The summed E-state index contributed by atoms with van der Waals surface area (Å²) >= 11 is 0. The lowest BCUT2D eigenvalue weighted by atomic mass is 10.2. The van der Waals surface area contributed by atoms with Crippen LogP contribution in [0.4, 0.5) is 21.6 Å². The summed E-state index contributed by atoms with van der Waals surface area (Å²) in [6.07, 6.45) is 4.48. The second-order valence-corrected chi connectivity index (χ2v) is 7.83. The predicted molar refractivity (Wildman–Crippen MR) is 131 cm³/mol. The van der Waals surface area contributed by atoms with Gasteiger partial charge in [0.25, 0.3) is 0 Å². The number of benzene rings is 2. The molecule has 0 spiro atoms. The van der Waals surface area contributed by atoms with Gasteiger partial charge in [-0.3, -0.25) is 9.36 Å². The van der Waals surface area contributed by atoms with Gasteiger partial charge in [-0.15, -0.1) is 0 Å². The standard InChI is InChI=1S/C25H25FN6O2/c1-4-25(33)30-20-13-18(8-9-23(20)34-11-10-31(2)3)29-24-14-22-21(15-27-24)28-16-32(22)19-7-5-6-17(26)12-19/h4-9,12-16H,1,10-11H2,2-3H3,(H,27,29)(H,30,33). The number of imidazole rings is 1. The van der Waals surface area contributed by atoms with Crippen LogP contribution in [-0.2, 0) is 4.79 Å². The minimum atomic E-state index is -0.340. The van der Waals surface area contributed by atoms with Gasteiger partial charge in [-0.2, -0.15) is 0 Å². The summed E-state index contributed by atoms with van der Waals surface area (Å²) in [6.45, 7) is 4.71. The van der Waals surface area contributed by atoms with E-state index >= 15 is 0 Å². The number of hydrogen-bond donors (Lipinski definition) is 2. The number of anilines is 3. The van der Waals surface area contributed by atoms with Crippen molar-refractivity contribution in [1.82, 2.24) is 19.4 Å². The minimum Gasteiger partial charge on any atom is -0.490 e. The smallest absolute Gasteiger partial charge is 0.247 e. The monoisotopic (exact) mass is 460 g/mol. The Morgan fingerprint density at radius 2 is 2.06 bits per heavy atom. The number of rotatable bonds is 9. The molecule has 0 aliphatic heterocycles. The van der Waals surface area contributed by atoms with Crippen LogP contribution in [0.5, 0.6) is 5.75 Å². The summed E-state index contributed by atoms with van der Waals surface area (Å²) < 4.78 is 21.4. The Kier molecular flexibility index (Phi) is 6.84. The maximum atomic E-state index is 13.7. The van der Waals surface area contributed by atoms with E-state index in [4.69, 9.17) is 4.74 Å². The fraction of sp³-hybridized carbons (Fsp3) is 0.160. The molecule has 0 aliphatic carbocycles. The second kappa shape index (κ2) is 10.1. The molecular formula is C25H25FN6O2. The molecule has 2 N–H and O–H groups in total. The normalized spacial score (nSPS) is 10.9. The lowest BCUT2D eigenvalue weighted by Crippen LogP contribution is -2.20. The van der Waals surface area contributed by atoms with E-state index in [2.05, 4.69) is 27.2 Å². The van der Waals surface area contributed by atoms with Crippen LogP contribution in [0.25, 0.3) is 16.7 Å². The Balaban J connectivity index is 1.61. The molecule has 0 fully saturated rings. The second-order valence-electron chi connectivity index (χ2n) is 7.83. The van der Waals surface area contributed by atoms with Crippen LogP contribution in [0.1, 0.15) is 0 Å². The van der Waals surface area contributed by atoms with Gasteiger partial charge in [0.2, 0.25) is 5.91 Å². The summed E-state index contributed by atoms with van der Waals surface area (Å²) in [6, 6.07) is 13.5. The van der Waals surface area contributed by atoms with E-state index in [1.807, 2.05) is 31.1 Å². The number of carbonyl (C=O) groups excluding carboxylic acids is 1. The van der Waals surface area contributed by atoms with Crippen LogP contribution >= 0.6 is 0 Å². The first-order valence-corrected chi connectivity index (χ1v) is 10.6. The number of pyridine rings is 1. The summed E-state index contributed by atoms with van der Waals surface area (Å²) in [7, 11) is 3.92. The van der Waals surface area contributed by atoms with Gasteiger partial charge in [-0.05, 0) is 56.6 Å². The number of amides is 1. The molecule has 4 rings (SSSR count). The third-order valence-corrected chi connectivity index (χ3v) is 5.01. The van der Waals surface area contributed by atoms with Crippen LogP contribution in [0.2, 0.25) is 0 Å². The van der Waals surface area contributed by atoms with Gasteiger partial charge in [0, 0.05) is 18.3 Å². The van der Waals surface area contributed by atoms with E-state index in [-0.39, 0.29) is 11.7 Å². The quantitative estimate of drug-likeness (QED) is 0.361. The first-order chi connectivity index (χ1) is 16.4. The zero-order chi connectivity index (χ0) is 24.1. The summed E-state index contributed by atoms with van der Waals surface area (Å²) in [4.78, 5) is 22.7. The summed E-state index contributed by atoms with van der Waals surface area (Å²) in [5.74, 6) is 0.449. The Hall–Kier alpha value is -4.24. The number of nitrogens with one attached hydrogen (secondary N) is 2. The molecule has 9 heteroatoms. The van der Waals surface area contributed by atoms with Crippen LogP contribution < -0.4 is 15.4 Å². The highest BCUT2D eigenvalue weighted by molar-refractivity contribution is 6.00. The molecule has 0 atom stereocenters. The van der Waals surface area contributed by atoms with E-state index in [1.165, 1.54) is 18.2 Å². The molecule has 174 valence electrons. The molecule has 0 saturated heterocycles. The van der Waals surface area contributed by atoms with Crippen molar-refractivity contribution in [2.24, 2.45) is 0 Å². The van der Waals surface area contributed by atoms with E-state index in [1.54, 1.807) is 41.4 Å². The Morgan fingerprint density at radius 1 is 1.21 bits per heavy atom. The number of hydrogen-bond acceptors (Lipinski definition) is 6. The first-order valence-electron chi connectivity index (χ1n) is 10.6. The summed E-state index contributed by atoms with van der Waals surface area (Å²) in [5.41, 5.74) is 3.32. The van der Waals surface area contributed by atoms with Crippen molar-refractivity contribution in [2.45, 2.75) is 0 Å². The molecule has 0 saturated carbocycles. The van der Waals surface area contributed by atoms with Crippen molar-refractivity contribution in [1.29, 1.82) is 0 Å². The minimum absolute atomic E-state index is 0.325. The molecule has 0 bridgehead atoms. The first kappa shape index (κ1) is 22.9. The number of nitrogens with zero attached hydrogens (tertiary/aromatic N) is 4. The topological polar surface area (TPSA) is 84.3 Å². The van der Waals surface area contributed by atoms with Gasteiger partial charge >= 0.3 is 0 Å². The van der Waals surface area contributed by atoms with Gasteiger partial charge < -0.3 is 20.3 Å². The average Bonchev–Trinajstić information content (AvgIpc) is 3.23. The van der Waals surface area contributed by atoms with Crippen molar-refractivity contribution in [3.8, 4) is 11.4 Å². The lowest BCUT2D eigenvalue weighted by Gasteiger charge is -2.16. The number of fused-ring (bicyclic) bond motifs is 1. The Labute approximate surface area is 196 Å². The molecular weight excluding hydrogens is 435 g/mol. The Morgan fingerprint density at radius 3 is 2.82 bits per heavy atom. The van der Waals surface area contributed by atoms with E-state index < -0.39 is 0 Å². The van der Waals surface area contributed by atoms with Gasteiger partial charge in [0.15, 0.2) is 0 Å². The summed E-state index contributed by atoms with van der Waals surface area (Å²) in [5, 5.41) is 6.02. The van der Waals surface area contributed by atoms with E-state index in [0.29, 0.717) is 40.8 Å². The van der Waals surface area contributed by atoms with Gasteiger partial charge in [-0.25, -0.2) is 14.4 Å². The van der Waals surface area contributed by atoms with Gasteiger partial charge in [0.05, 0.1) is 23.1 Å². The molecule has 0 radical (unpaired) electrons. The van der Waals surface area contributed by atoms with E-state index in [0.717, 1.165) is 12.1 Å². The average molecular weight is 461 g/mol. The molecule has 2 aromatic heterocycles. The molecule has 4 aromatic rings. The van der Waals surface area contributed by atoms with Crippen molar-refractivity contribution in [3.05, 3.63) is 79.5 Å². The van der Waals surface area contributed by atoms with Gasteiger partial charge in [0.1, 0.15) is 35.8 Å². The van der Waals surface area contributed by atoms with Crippen molar-refractivity contribution < 1.29 is 13.9 Å². The fourth-order valence-corrected chi connectivity index (χ4v) is 3.31. The highest BCUT2D eigenvalue weighted by Crippen LogP contribution is 2.30. The van der Waals surface area contributed by atoms with Crippen LogP contribution in [0.15, 0.2) is 73.7 Å². The maximum absolute atomic E-state index is 13.7. The Bertz CT molecular complexity index is 1330. The molecule has 2 heterocycles. The molecule has 8 nitrogen and oxygen atoms in total. The number of aromatic nitrogens is 3. The zero-order valence-corrected chi connectivity index (χ0v) is 19.0.